The monoisotopic (exact) mass is 288 g/mol. The molecule has 2 N–H and O–H groups in total. The molecule has 0 heterocycles. The predicted octanol–water partition coefficient (Wildman–Crippen LogP) is 2.46. The largest absolute Gasteiger partial charge is 0.481 e. The van der Waals surface area contributed by atoms with E-state index in [9.17, 15) is 14.7 Å². The highest BCUT2D eigenvalue weighted by molar-refractivity contribution is 5.84. The zero-order valence-electron chi connectivity index (χ0n) is 12.3. The van der Waals surface area contributed by atoms with Crippen LogP contribution >= 0.6 is 0 Å². The molecule has 21 heavy (non-hydrogen) atoms. The number of benzene rings is 1. The van der Waals surface area contributed by atoms with Crippen LogP contribution in [-0.2, 0) is 16.1 Å². The Balaban J connectivity index is 2.65. The van der Waals surface area contributed by atoms with E-state index in [2.05, 4.69) is 5.32 Å². The van der Waals surface area contributed by atoms with E-state index in [1.165, 1.54) is 0 Å². The molecule has 1 rings (SSSR count). The third-order valence-corrected chi connectivity index (χ3v) is 3.85. The topological polar surface area (TPSA) is 90.2 Å². The number of carboxylic acids is 1. The third-order valence-electron chi connectivity index (χ3n) is 3.85. The summed E-state index contributed by atoms with van der Waals surface area (Å²) in [6.45, 7) is 3.85. The molecule has 5 heteroatoms. The summed E-state index contributed by atoms with van der Waals surface area (Å²) in [6, 6.07) is 8.98. The molecule has 0 aliphatic rings. The fourth-order valence-electron chi connectivity index (χ4n) is 2.20. The molecule has 1 aromatic rings. The van der Waals surface area contributed by atoms with E-state index in [0.29, 0.717) is 18.4 Å². The Morgan fingerprint density at radius 1 is 1.33 bits per heavy atom. The van der Waals surface area contributed by atoms with Gasteiger partial charge in [-0.25, -0.2) is 0 Å². The summed E-state index contributed by atoms with van der Waals surface area (Å²) in [5.41, 5.74) is 0.346. The Morgan fingerprint density at radius 3 is 2.52 bits per heavy atom. The molecule has 0 aromatic heterocycles. The van der Waals surface area contributed by atoms with Crippen LogP contribution < -0.4 is 5.32 Å². The highest BCUT2D eigenvalue weighted by atomic mass is 16.4. The minimum atomic E-state index is -1.00. The number of hydrogen-bond donors (Lipinski definition) is 2. The summed E-state index contributed by atoms with van der Waals surface area (Å²) in [4.78, 5) is 23.3. The van der Waals surface area contributed by atoms with Crippen LogP contribution in [0.5, 0.6) is 0 Å². The van der Waals surface area contributed by atoms with Crippen molar-refractivity contribution in [2.75, 3.05) is 0 Å². The summed E-state index contributed by atoms with van der Waals surface area (Å²) in [6.07, 6.45) is 0.791. The van der Waals surface area contributed by atoms with Crippen molar-refractivity contribution in [3.8, 4) is 6.07 Å². The predicted molar refractivity (Wildman–Crippen MR) is 78.3 cm³/mol. The second kappa shape index (κ2) is 7.44. The summed E-state index contributed by atoms with van der Waals surface area (Å²) in [5.74, 6) is -1.22. The van der Waals surface area contributed by atoms with Crippen LogP contribution in [0.15, 0.2) is 24.3 Å². The fourth-order valence-corrected chi connectivity index (χ4v) is 2.20. The zero-order chi connectivity index (χ0) is 15.9. The van der Waals surface area contributed by atoms with Gasteiger partial charge in [0.05, 0.1) is 17.0 Å². The Morgan fingerprint density at radius 2 is 2.00 bits per heavy atom. The Labute approximate surface area is 124 Å². The van der Waals surface area contributed by atoms with Gasteiger partial charge in [0.15, 0.2) is 0 Å². The van der Waals surface area contributed by atoms with E-state index in [-0.39, 0.29) is 18.9 Å². The highest BCUT2D eigenvalue weighted by Crippen LogP contribution is 2.30. The van der Waals surface area contributed by atoms with Gasteiger partial charge in [0.2, 0.25) is 5.91 Å². The number of aliphatic carboxylic acids is 1. The van der Waals surface area contributed by atoms with Crippen molar-refractivity contribution < 1.29 is 14.7 Å². The minimum absolute atomic E-state index is 0.0345. The van der Waals surface area contributed by atoms with E-state index in [4.69, 9.17) is 5.26 Å². The number of carbonyl (C=O) groups excluding carboxylic acids is 1. The van der Waals surface area contributed by atoms with Crippen LogP contribution in [0.2, 0.25) is 0 Å². The lowest BCUT2D eigenvalue weighted by molar-refractivity contribution is -0.152. The first kappa shape index (κ1) is 16.7. The minimum Gasteiger partial charge on any atom is -0.481 e. The summed E-state index contributed by atoms with van der Waals surface area (Å²) >= 11 is 0. The molecule has 0 radical (unpaired) electrons. The number of hydrogen-bond acceptors (Lipinski definition) is 3. The number of rotatable bonds is 7. The van der Waals surface area contributed by atoms with Gasteiger partial charge in [-0.15, -0.1) is 0 Å². The summed E-state index contributed by atoms with van der Waals surface area (Å²) < 4.78 is 0. The van der Waals surface area contributed by atoms with E-state index in [0.717, 1.165) is 5.56 Å². The number of amides is 1. The molecule has 0 saturated carbocycles. The molecule has 5 nitrogen and oxygen atoms in total. The van der Waals surface area contributed by atoms with Gasteiger partial charge in [-0.05, 0) is 30.5 Å². The number of carboxylic acid groups (broad SMARTS) is 1. The Bertz CT molecular complexity index is 557. The first-order valence-corrected chi connectivity index (χ1v) is 6.96. The average molecular weight is 288 g/mol. The first-order chi connectivity index (χ1) is 9.97. The molecule has 0 fully saturated rings. The van der Waals surface area contributed by atoms with Gasteiger partial charge < -0.3 is 10.4 Å². The molecule has 0 aliphatic carbocycles. The van der Waals surface area contributed by atoms with Crippen molar-refractivity contribution in [3.05, 3.63) is 35.4 Å². The van der Waals surface area contributed by atoms with E-state index in [1.54, 1.807) is 32.0 Å². The van der Waals surface area contributed by atoms with Crippen LogP contribution in [0, 0.1) is 16.7 Å². The zero-order valence-corrected chi connectivity index (χ0v) is 12.3. The lowest BCUT2D eigenvalue weighted by Gasteiger charge is -2.25. The fraction of sp³-hybridized carbons (Fsp3) is 0.438. The van der Waals surface area contributed by atoms with Crippen LogP contribution in [0.3, 0.4) is 0 Å². The van der Waals surface area contributed by atoms with Crippen molar-refractivity contribution in [3.63, 3.8) is 0 Å². The molecule has 1 aromatic carbocycles. The van der Waals surface area contributed by atoms with Crippen molar-refractivity contribution in [1.29, 1.82) is 5.26 Å². The number of nitriles is 1. The Kier molecular flexibility index (Phi) is 5.92. The molecule has 0 unspecified atom stereocenters. The van der Waals surface area contributed by atoms with Crippen molar-refractivity contribution >= 4 is 11.9 Å². The van der Waals surface area contributed by atoms with Gasteiger partial charge in [-0.2, -0.15) is 5.26 Å². The standard InChI is InChI=1S/C16H20N2O3/c1-3-16(4-2,15(20)21)9-14(19)18-11-13-7-5-6-12(8-13)10-17/h5-8H,3-4,9,11H2,1-2H3,(H,18,19)(H,20,21). The van der Waals surface area contributed by atoms with E-state index >= 15 is 0 Å². The third kappa shape index (κ3) is 4.32. The molecule has 0 atom stereocenters. The van der Waals surface area contributed by atoms with Gasteiger partial charge in [0.25, 0.3) is 0 Å². The lowest BCUT2D eigenvalue weighted by atomic mass is 9.79. The van der Waals surface area contributed by atoms with Crippen molar-refractivity contribution in [2.45, 2.75) is 39.7 Å². The van der Waals surface area contributed by atoms with Crippen LogP contribution in [0.25, 0.3) is 0 Å². The van der Waals surface area contributed by atoms with Gasteiger partial charge in [0.1, 0.15) is 0 Å². The number of nitrogens with one attached hydrogen (secondary N) is 1. The van der Waals surface area contributed by atoms with Crippen LogP contribution in [-0.4, -0.2) is 17.0 Å². The van der Waals surface area contributed by atoms with Gasteiger partial charge >= 0.3 is 5.97 Å². The van der Waals surface area contributed by atoms with E-state index in [1.807, 2.05) is 12.1 Å². The average Bonchev–Trinajstić information content (AvgIpc) is 2.50. The lowest BCUT2D eigenvalue weighted by Crippen LogP contribution is -2.36. The van der Waals surface area contributed by atoms with Crippen LogP contribution in [0.1, 0.15) is 44.2 Å². The maximum absolute atomic E-state index is 12.0. The maximum atomic E-state index is 12.0. The molecule has 0 bridgehead atoms. The SMILES string of the molecule is CCC(CC)(CC(=O)NCc1cccc(C#N)c1)C(=O)O. The Hall–Kier alpha value is -2.35. The van der Waals surface area contributed by atoms with Gasteiger partial charge in [-0.3, -0.25) is 9.59 Å². The molecule has 1 amide bonds. The van der Waals surface area contributed by atoms with E-state index < -0.39 is 11.4 Å². The molecule has 112 valence electrons. The number of carbonyl (C=O) groups is 2. The quantitative estimate of drug-likeness (QED) is 0.806. The molecule has 0 saturated heterocycles. The summed E-state index contributed by atoms with van der Waals surface area (Å²) in [5, 5.41) is 20.8. The van der Waals surface area contributed by atoms with Gasteiger partial charge in [0, 0.05) is 13.0 Å². The highest BCUT2D eigenvalue weighted by Gasteiger charge is 2.36. The maximum Gasteiger partial charge on any atom is 0.310 e. The summed E-state index contributed by atoms with van der Waals surface area (Å²) in [7, 11) is 0. The number of nitrogens with zero attached hydrogens (tertiary/aromatic N) is 1. The first-order valence-electron chi connectivity index (χ1n) is 6.96. The molecular formula is C16H20N2O3. The normalized spacial score (nSPS) is 10.7. The van der Waals surface area contributed by atoms with Crippen LogP contribution in [0.4, 0.5) is 0 Å². The van der Waals surface area contributed by atoms with Crippen molar-refractivity contribution in [1.82, 2.24) is 5.32 Å². The van der Waals surface area contributed by atoms with Crippen molar-refractivity contribution in [2.24, 2.45) is 5.41 Å². The molecule has 0 aliphatic heterocycles. The second-order valence-electron chi connectivity index (χ2n) is 5.06. The smallest absolute Gasteiger partial charge is 0.310 e. The molecular weight excluding hydrogens is 268 g/mol. The molecule has 0 spiro atoms. The second-order valence-corrected chi connectivity index (χ2v) is 5.06. The van der Waals surface area contributed by atoms with Gasteiger partial charge in [-0.1, -0.05) is 26.0 Å².